The Labute approximate surface area is 220 Å². The van der Waals surface area contributed by atoms with Gasteiger partial charge >= 0.3 is 12.1 Å². The molecule has 38 heavy (non-hydrogen) atoms. The molecule has 3 aromatic rings. The SMILES string of the molecule is O=C(Nc1ccccc1-c1nnc(NNC(=S)Nc2ccccc2)n(CN2CCNCC2)c1=O)C(F)(F)F. The number of nitrogens with zero attached hydrogens (tertiary/aromatic N) is 4. The summed E-state index contributed by atoms with van der Waals surface area (Å²) < 4.78 is 39.9. The molecule has 1 aliphatic rings. The standard InChI is InChI=1S/C23H24F3N9O2S/c24-23(25,26)20(37)29-17-9-5-4-8-16(17)18-19(36)35(14-34-12-10-27-11-13-34)21(31-30-18)32-33-22(38)28-15-6-2-1-3-7-15/h1-9,27H,10-14H2,(H,29,37)(H,31,32)(H2,28,33,38). The van der Waals surface area contributed by atoms with E-state index in [0.29, 0.717) is 13.1 Å². The van der Waals surface area contributed by atoms with Gasteiger partial charge in [-0.2, -0.15) is 13.2 Å². The van der Waals surface area contributed by atoms with Gasteiger partial charge in [0.25, 0.3) is 5.56 Å². The van der Waals surface area contributed by atoms with Gasteiger partial charge in [0, 0.05) is 37.4 Å². The Morgan fingerprint density at radius 2 is 1.68 bits per heavy atom. The number of piperazine rings is 1. The minimum absolute atomic E-state index is 0.00237. The Morgan fingerprint density at radius 1 is 1.00 bits per heavy atom. The third kappa shape index (κ3) is 6.81. The van der Waals surface area contributed by atoms with E-state index in [1.165, 1.54) is 28.8 Å². The van der Waals surface area contributed by atoms with E-state index in [4.69, 9.17) is 12.2 Å². The van der Waals surface area contributed by atoms with Gasteiger partial charge in [-0.25, -0.2) is 0 Å². The molecule has 5 N–H and O–H groups in total. The Kier molecular flexibility index (Phi) is 8.50. The van der Waals surface area contributed by atoms with Crippen molar-refractivity contribution in [2.75, 3.05) is 42.2 Å². The Bertz CT molecular complexity index is 1350. The van der Waals surface area contributed by atoms with Gasteiger partial charge in [0.15, 0.2) is 10.8 Å². The summed E-state index contributed by atoms with van der Waals surface area (Å²) in [6, 6.07) is 14.8. The summed E-state index contributed by atoms with van der Waals surface area (Å²) in [6.45, 7) is 2.88. The third-order valence-corrected chi connectivity index (χ3v) is 5.71. The number of hydrogen-bond acceptors (Lipinski definition) is 8. The van der Waals surface area contributed by atoms with Crippen molar-refractivity contribution in [3.63, 3.8) is 0 Å². The lowest BCUT2D eigenvalue weighted by atomic mass is 10.1. The monoisotopic (exact) mass is 547 g/mol. The fourth-order valence-electron chi connectivity index (χ4n) is 3.65. The number of carbonyl (C=O) groups is 1. The summed E-state index contributed by atoms with van der Waals surface area (Å²) in [4.78, 5) is 27.2. The maximum atomic E-state index is 13.6. The molecule has 1 amide bonds. The van der Waals surface area contributed by atoms with Crippen LogP contribution in [-0.2, 0) is 11.5 Å². The molecule has 0 saturated carbocycles. The van der Waals surface area contributed by atoms with Gasteiger partial charge in [0.05, 0.1) is 12.4 Å². The molecule has 0 unspecified atom stereocenters. The number of hydrazine groups is 1. The topological polar surface area (TPSA) is 128 Å². The molecule has 1 aromatic heterocycles. The fraction of sp³-hybridized carbons (Fsp3) is 0.261. The number of para-hydroxylation sites is 2. The van der Waals surface area contributed by atoms with Crippen LogP contribution in [0.3, 0.4) is 0 Å². The van der Waals surface area contributed by atoms with Crippen molar-refractivity contribution in [2.45, 2.75) is 12.8 Å². The highest BCUT2D eigenvalue weighted by atomic mass is 32.1. The maximum Gasteiger partial charge on any atom is 0.471 e. The van der Waals surface area contributed by atoms with Gasteiger partial charge in [-0.1, -0.05) is 36.4 Å². The number of thiocarbonyl (C=S) groups is 1. The van der Waals surface area contributed by atoms with Gasteiger partial charge < -0.3 is 16.0 Å². The van der Waals surface area contributed by atoms with Crippen LogP contribution in [0.4, 0.5) is 30.5 Å². The third-order valence-electron chi connectivity index (χ3n) is 5.51. The van der Waals surface area contributed by atoms with Crippen LogP contribution in [0.15, 0.2) is 59.4 Å². The molecule has 0 bridgehead atoms. The van der Waals surface area contributed by atoms with E-state index in [-0.39, 0.29) is 34.7 Å². The van der Waals surface area contributed by atoms with E-state index in [1.54, 1.807) is 5.32 Å². The van der Waals surface area contributed by atoms with E-state index in [0.717, 1.165) is 18.8 Å². The lowest BCUT2D eigenvalue weighted by molar-refractivity contribution is -0.167. The smallest absolute Gasteiger partial charge is 0.331 e. The molecule has 0 atom stereocenters. The van der Waals surface area contributed by atoms with Crippen LogP contribution in [0.1, 0.15) is 0 Å². The first-order valence-corrected chi connectivity index (χ1v) is 11.9. The zero-order valence-corrected chi connectivity index (χ0v) is 20.7. The second kappa shape index (κ2) is 12.0. The number of amides is 1. The van der Waals surface area contributed by atoms with Crippen molar-refractivity contribution in [3.8, 4) is 11.3 Å². The van der Waals surface area contributed by atoms with Crippen molar-refractivity contribution in [1.29, 1.82) is 0 Å². The number of anilines is 3. The van der Waals surface area contributed by atoms with Crippen molar-refractivity contribution in [3.05, 3.63) is 65.0 Å². The van der Waals surface area contributed by atoms with Crippen molar-refractivity contribution in [2.24, 2.45) is 0 Å². The molecule has 0 spiro atoms. The number of halogens is 3. The summed E-state index contributed by atoms with van der Waals surface area (Å²) in [7, 11) is 0. The van der Waals surface area contributed by atoms with Crippen molar-refractivity contribution < 1.29 is 18.0 Å². The number of carbonyl (C=O) groups excluding carboxylic acids is 1. The molecule has 4 rings (SSSR count). The summed E-state index contributed by atoms with van der Waals surface area (Å²) in [5.41, 5.74) is 5.21. The number of rotatable bonds is 7. The highest BCUT2D eigenvalue weighted by Crippen LogP contribution is 2.26. The Hall–Kier alpha value is -4.08. The van der Waals surface area contributed by atoms with E-state index in [2.05, 4.69) is 31.7 Å². The number of alkyl halides is 3. The molecule has 15 heteroatoms. The van der Waals surface area contributed by atoms with Crippen LogP contribution in [0.2, 0.25) is 0 Å². The first-order chi connectivity index (χ1) is 18.2. The van der Waals surface area contributed by atoms with Gasteiger partial charge in [-0.3, -0.25) is 29.9 Å². The minimum Gasteiger partial charge on any atom is -0.331 e. The Morgan fingerprint density at radius 3 is 2.39 bits per heavy atom. The molecular formula is C23H24F3N9O2S. The average molecular weight is 548 g/mol. The summed E-state index contributed by atoms with van der Waals surface area (Å²) in [5.74, 6) is -2.13. The average Bonchev–Trinajstić information content (AvgIpc) is 2.90. The molecule has 1 aliphatic heterocycles. The van der Waals surface area contributed by atoms with Crippen molar-refractivity contribution >= 4 is 40.6 Å². The normalized spacial score (nSPS) is 14.0. The van der Waals surface area contributed by atoms with E-state index < -0.39 is 17.6 Å². The van der Waals surface area contributed by atoms with Gasteiger partial charge in [-0.15, -0.1) is 10.2 Å². The second-order valence-corrected chi connectivity index (χ2v) is 8.59. The molecule has 1 fully saturated rings. The number of aromatic nitrogens is 3. The summed E-state index contributed by atoms with van der Waals surface area (Å²) in [6.07, 6.45) is -5.10. The van der Waals surface area contributed by atoms with Gasteiger partial charge in [0.1, 0.15) is 0 Å². The predicted molar refractivity (Wildman–Crippen MR) is 140 cm³/mol. The highest BCUT2D eigenvalue weighted by molar-refractivity contribution is 7.80. The minimum atomic E-state index is -5.10. The van der Waals surface area contributed by atoms with Crippen LogP contribution in [-0.4, -0.2) is 63.0 Å². The largest absolute Gasteiger partial charge is 0.471 e. The van der Waals surface area contributed by atoms with E-state index >= 15 is 0 Å². The molecule has 200 valence electrons. The first kappa shape index (κ1) is 27.0. The fourth-order valence-corrected chi connectivity index (χ4v) is 3.82. The lowest BCUT2D eigenvalue weighted by Gasteiger charge is -2.28. The zero-order chi connectivity index (χ0) is 27.1. The Balaban J connectivity index is 1.63. The van der Waals surface area contributed by atoms with E-state index in [1.807, 2.05) is 35.2 Å². The maximum absolute atomic E-state index is 13.6. The highest BCUT2D eigenvalue weighted by Gasteiger charge is 2.39. The van der Waals surface area contributed by atoms with Crippen LogP contribution in [0.5, 0.6) is 0 Å². The predicted octanol–water partition coefficient (Wildman–Crippen LogP) is 1.98. The number of hydrogen-bond donors (Lipinski definition) is 5. The van der Waals surface area contributed by atoms with Gasteiger partial charge in [0.2, 0.25) is 5.95 Å². The molecule has 0 radical (unpaired) electrons. The summed E-state index contributed by atoms with van der Waals surface area (Å²) in [5, 5.41) is 16.3. The molecular weight excluding hydrogens is 523 g/mol. The lowest BCUT2D eigenvalue weighted by Crippen LogP contribution is -2.46. The molecule has 2 heterocycles. The zero-order valence-electron chi connectivity index (χ0n) is 19.9. The molecule has 0 aliphatic carbocycles. The van der Waals surface area contributed by atoms with Crippen molar-refractivity contribution in [1.82, 2.24) is 30.4 Å². The number of benzene rings is 2. The molecule has 11 nitrogen and oxygen atoms in total. The van der Waals surface area contributed by atoms with Crippen LogP contribution < -0.4 is 32.4 Å². The first-order valence-electron chi connectivity index (χ1n) is 11.5. The van der Waals surface area contributed by atoms with E-state index in [9.17, 15) is 22.8 Å². The number of nitrogens with one attached hydrogen (secondary N) is 5. The molecule has 1 saturated heterocycles. The van der Waals surface area contributed by atoms with Crippen LogP contribution in [0, 0.1) is 0 Å². The molecule has 2 aromatic carbocycles. The van der Waals surface area contributed by atoms with Gasteiger partial charge in [-0.05, 0) is 30.4 Å². The quantitative estimate of drug-likeness (QED) is 0.221. The second-order valence-electron chi connectivity index (χ2n) is 8.18. The van der Waals surface area contributed by atoms with Crippen LogP contribution >= 0.6 is 12.2 Å². The van der Waals surface area contributed by atoms with Crippen LogP contribution in [0.25, 0.3) is 11.3 Å². The summed E-state index contributed by atoms with van der Waals surface area (Å²) >= 11 is 5.29.